The van der Waals surface area contributed by atoms with Gasteiger partial charge in [-0.1, -0.05) is 23.2 Å². The van der Waals surface area contributed by atoms with Gasteiger partial charge in [0.15, 0.2) is 6.29 Å². The van der Waals surface area contributed by atoms with Gasteiger partial charge in [-0.05, 0) is 0 Å². The molecule has 0 unspecified atom stereocenters. The van der Waals surface area contributed by atoms with Gasteiger partial charge in [0.05, 0.1) is 5.56 Å². The van der Waals surface area contributed by atoms with Crippen LogP contribution in [-0.4, -0.2) is 11.3 Å². The fraction of sp³-hybridized carbons (Fsp3) is 0. The molecule has 0 atom stereocenters. The highest BCUT2D eigenvalue weighted by Gasteiger charge is 2.16. The van der Waals surface area contributed by atoms with Crippen LogP contribution in [0, 0.1) is 11.9 Å². The van der Waals surface area contributed by atoms with E-state index in [-0.39, 0.29) is 6.29 Å². The fourth-order valence-electron chi connectivity index (χ4n) is 0.606. The number of carbonyl (C=O) groups is 1. The monoisotopic (exact) mass is 211 g/mol. The summed E-state index contributed by atoms with van der Waals surface area (Å²) in [5.41, 5.74) is -0.427. The zero-order chi connectivity index (χ0) is 9.30. The number of rotatable bonds is 1. The van der Waals surface area contributed by atoms with Gasteiger partial charge in [0, 0.05) is 0 Å². The minimum absolute atomic E-state index is 0.165. The molecule has 0 saturated heterocycles. The van der Waals surface area contributed by atoms with Crippen LogP contribution in [0.5, 0.6) is 0 Å². The highest BCUT2D eigenvalue weighted by Crippen LogP contribution is 2.25. The number of aldehydes is 1. The standard InChI is InChI=1S/C6HCl2F2NO/c7-3-2(1-12)4(8)6(10)11-5(3)9/h1H. The van der Waals surface area contributed by atoms with E-state index in [4.69, 9.17) is 23.2 Å². The summed E-state index contributed by atoms with van der Waals surface area (Å²) in [7, 11) is 0. The van der Waals surface area contributed by atoms with Gasteiger partial charge < -0.3 is 0 Å². The van der Waals surface area contributed by atoms with E-state index in [1.165, 1.54) is 0 Å². The molecule has 0 amide bonds. The summed E-state index contributed by atoms with van der Waals surface area (Å²) >= 11 is 10.5. The molecule has 0 aliphatic carbocycles. The molecule has 12 heavy (non-hydrogen) atoms. The van der Waals surface area contributed by atoms with Crippen LogP contribution in [0.1, 0.15) is 10.4 Å². The van der Waals surface area contributed by atoms with Crippen molar-refractivity contribution in [1.82, 2.24) is 4.98 Å². The lowest BCUT2D eigenvalue weighted by Crippen LogP contribution is -1.97. The minimum atomic E-state index is -1.25. The first-order chi connectivity index (χ1) is 5.57. The number of hydrogen-bond acceptors (Lipinski definition) is 2. The van der Waals surface area contributed by atoms with Gasteiger partial charge >= 0.3 is 0 Å². The third kappa shape index (κ3) is 1.40. The molecule has 0 aromatic carbocycles. The molecular weight excluding hydrogens is 211 g/mol. The first kappa shape index (κ1) is 9.35. The van der Waals surface area contributed by atoms with Crippen molar-refractivity contribution in [1.29, 1.82) is 0 Å². The third-order valence-corrected chi connectivity index (χ3v) is 1.87. The van der Waals surface area contributed by atoms with Crippen LogP contribution >= 0.6 is 23.2 Å². The molecule has 0 aliphatic heterocycles. The van der Waals surface area contributed by atoms with E-state index < -0.39 is 27.5 Å². The Labute approximate surface area is 76.1 Å². The Bertz CT molecular complexity index is 317. The number of nitrogens with zero attached hydrogens (tertiary/aromatic N) is 1. The molecule has 2 nitrogen and oxygen atoms in total. The quantitative estimate of drug-likeness (QED) is 0.528. The van der Waals surface area contributed by atoms with Crippen molar-refractivity contribution < 1.29 is 13.6 Å². The summed E-state index contributed by atoms with van der Waals surface area (Å²) in [5.74, 6) is -2.50. The van der Waals surface area contributed by atoms with Crippen LogP contribution in [0.4, 0.5) is 8.78 Å². The van der Waals surface area contributed by atoms with E-state index >= 15 is 0 Å². The van der Waals surface area contributed by atoms with Crippen molar-refractivity contribution in [3.8, 4) is 0 Å². The highest BCUT2D eigenvalue weighted by atomic mass is 35.5. The molecule has 0 N–H and O–H groups in total. The fourth-order valence-corrected chi connectivity index (χ4v) is 1.02. The number of hydrogen-bond donors (Lipinski definition) is 0. The first-order valence-corrected chi connectivity index (χ1v) is 3.48. The van der Waals surface area contributed by atoms with Gasteiger partial charge in [-0.3, -0.25) is 4.79 Å². The minimum Gasteiger partial charge on any atom is -0.298 e. The van der Waals surface area contributed by atoms with E-state index in [0.29, 0.717) is 0 Å². The van der Waals surface area contributed by atoms with Crippen molar-refractivity contribution in [2.75, 3.05) is 0 Å². The number of carbonyl (C=O) groups excluding carboxylic acids is 1. The van der Waals surface area contributed by atoms with E-state index in [1.54, 1.807) is 0 Å². The van der Waals surface area contributed by atoms with Crippen LogP contribution in [0.25, 0.3) is 0 Å². The van der Waals surface area contributed by atoms with Crippen molar-refractivity contribution >= 4 is 29.5 Å². The first-order valence-electron chi connectivity index (χ1n) is 2.73. The highest BCUT2D eigenvalue weighted by molar-refractivity contribution is 6.38. The van der Waals surface area contributed by atoms with Gasteiger partial charge in [-0.2, -0.15) is 13.8 Å². The molecule has 0 fully saturated rings. The third-order valence-electron chi connectivity index (χ3n) is 1.15. The van der Waals surface area contributed by atoms with E-state index in [2.05, 4.69) is 4.98 Å². The van der Waals surface area contributed by atoms with E-state index in [9.17, 15) is 13.6 Å². The molecule has 1 heterocycles. The molecule has 0 bridgehead atoms. The topological polar surface area (TPSA) is 30.0 Å². The van der Waals surface area contributed by atoms with Crippen LogP contribution in [0.2, 0.25) is 10.0 Å². The summed E-state index contributed by atoms with van der Waals surface area (Å²) < 4.78 is 25.0. The van der Waals surface area contributed by atoms with Gasteiger partial charge in [0.2, 0.25) is 11.9 Å². The van der Waals surface area contributed by atoms with Crippen LogP contribution < -0.4 is 0 Å². The Kier molecular flexibility index (Phi) is 2.59. The molecular formula is C6HCl2F2NO. The van der Waals surface area contributed by atoms with Crippen molar-refractivity contribution in [2.24, 2.45) is 0 Å². The predicted molar refractivity (Wildman–Crippen MR) is 39.6 cm³/mol. The lowest BCUT2D eigenvalue weighted by Gasteiger charge is -2.00. The number of aromatic nitrogens is 1. The summed E-state index contributed by atoms with van der Waals surface area (Å²) in [6.07, 6.45) is 0.165. The number of pyridine rings is 1. The summed E-state index contributed by atoms with van der Waals surface area (Å²) in [4.78, 5) is 12.9. The largest absolute Gasteiger partial charge is 0.298 e. The van der Waals surface area contributed by atoms with Gasteiger partial charge in [0.25, 0.3) is 0 Å². The molecule has 1 aromatic heterocycles. The molecule has 0 spiro atoms. The Morgan fingerprint density at radius 1 is 1.17 bits per heavy atom. The lowest BCUT2D eigenvalue weighted by molar-refractivity contribution is 0.112. The van der Waals surface area contributed by atoms with Crippen LogP contribution in [0.3, 0.4) is 0 Å². The SMILES string of the molecule is O=Cc1c(Cl)c(F)nc(F)c1Cl. The van der Waals surface area contributed by atoms with E-state index in [0.717, 1.165) is 0 Å². The van der Waals surface area contributed by atoms with Gasteiger partial charge in [-0.25, -0.2) is 0 Å². The Hall–Kier alpha value is -0.740. The molecule has 0 aliphatic rings. The van der Waals surface area contributed by atoms with Crippen LogP contribution in [0.15, 0.2) is 0 Å². The maximum Gasteiger partial charge on any atom is 0.235 e. The Morgan fingerprint density at radius 3 is 1.92 bits per heavy atom. The maximum absolute atomic E-state index is 12.5. The lowest BCUT2D eigenvalue weighted by atomic mass is 10.3. The van der Waals surface area contributed by atoms with Crippen molar-refractivity contribution in [2.45, 2.75) is 0 Å². The average Bonchev–Trinajstić information content (AvgIpc) is 2.02. The van der Waals surface area contributed by atoms with Crippen LogP contribution in [-0.2, 0) is 0 Å². The van der Waals surface area contributed by atoms with Crippen molar-refractivity contribution in [3.63, 3.8) is 0 Å². The van der Waals surface area contributed by atoms with Crippen molar-refractivity contribution in [3.05, 3.63) is 27.5 Å². The van der Waals surface area contributed by atoms with Gasteiger partial charge in [-0.15, -0.1) is 0 Å². The predicted octanol–water partition coefficient (Wildman–Crippen LogP) is 2.48. The molecule has 0 radical (unpaired) electrons. The molecule has 1 rings (SSSR count). The second-order valence-electron chi connectivity index (χ2n) is 1.85. The average molecular weight is 212 g/mol. The summed E-state index contributed by atoms with van der Waals surface area (Å²) in [6, 6.07) is 0. The molecule has 64 valence electrons. The molecule has 0 saturated carbocycles. The summed E-state index contributed by atoms with van der Waals surface area (Å²) in [6.45, 7) is 0. The Balaban J connectivity index is 3.52. The van der Waals surface area contributed by atoms with E-state index in [1.807, 2.05) is 0 Å². The smallest absolute Gasteiger partial charge is 0.235 e. The second kappa shape index (κ2) is 3.33. The zero-order valence-corrected chi connectivity index (χ0v) is 6.96. The number of halogens is 4. The zero-order valence-electron chi connectivity index (χ0n) is 5.44. The second-order valence-corrected chi connectivity index (χ2v) is 2.61. The molecule has 6 heteroatoms. The van der Waals surface area contributed by atoms with Gasteiger partial charge in [0.1, 0.15) is 10.0 Å². The maximum atomic E-state index is 12.5. The summed E-state index contributed by atoms with van der Waals surface area (Å²) in [5, 5.41) is -1.15. The molecule has 1 aromatic rings. The normalized spacial score (nSPS) is 10.0. The Morgan fingerprint density at radius 2 is 1.58 bits per heavy atom.